The van der Waals surface area contributed by atoms with Gasteiger partial charge >= 0.3 is 0 Å². The molecule has 3 heteroatoms. The van der Waals surface area contributed by atoms with Crippen molar-refractivity contribution in [1.82, 2.24) is 4.98 Å². The Balaban J connectivity index is 2.24. The Hall–Kier alpha value is -1.54. The van der Waals surface area contributed by atoms with Gasteiger partial charge in [0, 0.05) is 0 Å². The molecule has 20 heavy (non-hydrogen) atoms. The van der Waals surface area contributed by atoms with Crippen molar-refractivity contribution in [3.63, 3.8) is 0 Å². The Kier molecular flexibility index (Phi) is 5.02. The van der Waals surface area contributed by atoms with Crippen LogP contribution in [-0.2, 0) is 0 Å². The quantitative estimate of drug-likeness (QED) is 0.761. The topological polar surface area (TPSA) is 24.9 Å². The molecule has 0 aliphatic rings. The van der Waals surface area contributed by atoms with Crippen LogP contribution in [0.15, 0.2) is 42.5 Å². The van der Waals surface area contributed by atoms with Gasteiger partial charge in [-0.2, -0.15) is 0 Å². The molecule has 0 saturated heterocycles. The summed E-state index contributed by atoms with van der Waals surface area (Å²) in [7, 11) is 0. The second-order valence-corrected chi connectivity index (χ2v) is 5.89. The molecule has 0 amide bonds. The first-order valence-corrected chi connectivity index (χ1v) is 7.38. The lowest BCUT2D eigenvalue weighted by Crippen LogP contribution is -2.14. The van der Waals surface area contributed by atoms with Gasteiger partial charge in [0.15, 0.2) is 0 Å². The van der Waals surface area contributed by atoms with Crippen molar-refractivity contribution in [2.75, 3.05) is 5.32 Å². The Bertz CT molecular complexity index is 552. The number of hydrogen-bond acceptors (Lipinski definition) is 2. The third-order valence-electron chi connectivity index (χ3n) is 3.29. The van der Waals surface area contributed by atoms with Crippen molar-refractivity contribution in [3.8, 4) is 0 Å². The summed E-state index contributed by atoms with van der Waals surface area (Å²) in [5.74, 6) is 0.619. The van der Waals surface area contributed by atoms with Crippen LogP contribution in [-0.4, -0.2) is 4.98 Å². The average molecular weight is 289 g/mol. The predicted molar refractivity (Wildman–Crippen MR) is 86.2 cm³/mol. The minimum absolute atomic E-state index is 0.290. The van der Waals surface area contributed by atoms with Gasteiger partial charge in [-0.15, -0.1) is 0 Å². The highest BCUT2D eigenvalue weighted by Crippen LogP contribution is 2.27. The summed E-state index contributed by atoms with van der Waals surface area (Å²) in [6.07, 6.45) is 1.08. The highest BCUT2D eigenvalue weighted by atomic mass is 35.5. The van der Waals surface area contributed by atoms with E-state index >= 15 is 0 Å². The molecule has 0 aliphatic heterocycles. The number of aryl methyl sites for hydroxylation is 1. The van der Waals surface area contributed by atoms with Gasteiger partial charge in [0.2, 0.25) is 0 Å². The number of benzene rings is 1. The van der Waals surface area contributed by atoms with Gasteiger partial charge in [-0.25, -0.2) is 4.98 Å². The summed E-state index contributed by atoms with van der Waals surface area (Å²) in [6, 6.07) is 14.7. The van der Waals surface area contributed by atoms with Crippen molar-refractivity contribution in [1.29, 1.82) is 0 Å². The van der Waals surface area contributed by atoms with Gasteiger partial charge < -0.3 is 5.32 Å². The van der Waals surface area contributed by atoms with Crippen molar-refractivity contribution in [3.05, 3.63) is 58.9 Å². The summed E-state index contributed by atoms with van der Waals surface area (Å²) in [5, 5.41) is 4.14. The average Bonchev–Trinajstić information content (AvgIpc) is 2.41. The minimum atomic E-state index is 0.290. The van der Waals surface area contributed by atoms with Crippen LogP contribution < -0.4 is 5.32 Å². The number of aromatic nitrogens is 1. The van der Waals surface area contributed by atoms with E-state index < -0.39 is 0 Å². The van der Waals surface area contributed by atoms with Crippen molar-refractivity contribution in [2.24, 2.45) is 5.92 Å². The van der Waals surface area contributed by atoms with Crippen LogP contribution in [0.5, 0.6) is 0 Å². The molecule has 2 nitrogen and oxygen atoms in total. The molecule has 0 spiro atoms. The summed E-state index contributed by atoms with van der Waals surface area (Å²) in [5.41, 5.74) is 3.28. The number of nitrogens with zero attached hydrogens (tertiary/aromatic N) is 1. The molecular weight excluding hydrogens is 268 g/mol. The fourth-order valence-electron chi connectivity index (χ4n) is 2.31. The normalized spacial score (nSPS) is 12.4. The van der Waals surface area contributed by atoms with E-state index in [4.69, 9.17) is 11.6 Å². The van der Waals surface area contributed by atoms with Crippen LogP contribution in [0.4, 0.5) is 5.69 Å². The highest BCUT2D eigenvalue weighted by Gasteiger charge is 2.14. The largest absolute Gasteiger partial charge is 0.377 e. The molecule has 0 saturated carbocycles. The highest BCUT2D eigenvalue weighted by molar-refractivity contribution is 6.29. The molecule has 0 radical (unpaired) electrons. The summed E-state index contributed by atoms with van der Waals surface area (Å²) < 4.78 is 0. The van der Waals surface area contributed by atoms with E-state index in [1.807, 2.05) is 25.1 Å². The lowest BCUT2D eigenvalue weighted by molar-refractivity contribution is 0.530. The molecular formula is C17H21ClN2. The molecule has 1 aromatic heterocycles. The molecule has 1 unspecified atom stereocenters. The van der Waals surface area contributed by atoms with Crippen LogP contribution in [0.1, 0.15) is 37.6 Å². The van der Waals surface area contributed by atoms with Gasteiger partial charge in [0.25, 0.3) is 0 Å². The van der Waals surface area contributed by atoms with Crippen molar-refractivity contribution in [2.45, 2.75) is 33.2 Å². The van der Waals surface area contributed by atoms with Crippen LogP contribution in [0, 0.1) is 12.8 Å². The molecule has 2 aromatic rings. The number of nitrogens with one attached hydrogen (secondary N) is 1. The van der Waals surface area contributed by atoms with E-state index in [2.05, 4.69) is 48.4 Å². The molecule has 1 atom stereocenters. The van der Waals surface area contributed by atoms with Gasteiger partial charge in [0.1, 0.15) is 5.15 Å². The molecule has 1 N–H and O–H groups in total. The second kappa shape index (κ2) is 6.76. The molecule has 0 aliphatic carbocycles. The Labute approximate surface area is 126 Å². The lowest BCUT2D eigenvalue weighted by atomic mass is 9.96. The van der Waals surface area contributed by atoms with E-state index in [9.17, 15) is 0 Å². The van der Waals surface area contributed by atoms with Crippen LogP contribution in [0.2, 0.25) is 5.15 Å². The number of halogens is 1. The summed E-state index contributed by atoms with van der Waals surface area (Å²) in [4.78, 5) is 4.30. The predicted octanol–water partition coefficient (Wildman–Crippen LogP) is 5.24. The third-order valence-corrected chi connectivity index (χ3v) is 3.50. The van der Waals surface area contributed by atoms with Gasteiger partial charge in [-0.3, -0.25) is 0 Å². The fourth-order valence-corrected chi connectivity index (χ4v) is 2.50. The fraction of sp³-hybridized carbons (Fsp3) is 0.353. The minimum Gasteiger partial charge on any atom is -0.377 e. The van der Waals surface area contributed by atoms with E-state index in [0.29, 0.717) is 11.1 Å². The lowest BCUT2D eigenvalue weighted by Gasteiger charge is -2.23. The van der Waals surface area contributed by atoms with Gasteiger partial charge in [-0.05, 0) is 37.0 Å². The van der Waals surface area contributed by atoms with E-state index in [0.717, 1.165) is 17.8 Å². The maximum Gasteiger partial charge on any atom is 0.129 e. The summed E-state index contributed by atoms with van der Waals surface area (Å²) >= 11 is 5.92. The zero-order valence-electron chi connectivity index (χ0n) is 12.2. The van der Waals surface area contributed by atoms with Crippen LogP contribution >= 0.6 is 11.6 Å². The first-order chi connectivity index (χ1) is 9.56. The summed E-state index contributed by atoms with van der Waals surface area (Å²) in [6.45, 7) is 6.46. The molecule has 2 rings (SSSR count). The molecule has 1 heterocycles. The molecule has 106 valence electrons. The number of pyridine rings is 1. The second-order valence-electron chi connectivity index (χ2n) is 5.50. The van der Waals surface area contributed by atoms with E-state index in [-0.39, 0.29) is 6.04 Å². The van der Waals surface area contributed by atoms with Crippen molar-refractivity contribution >= 4 is 17.3 Å². The van der Waals surface area contributed by atoms with E-state index in [1.165, 1.54) is 5.56 Å². The van der Waals surface area contributed by atoms with Gasteiger partial charge in [0.05, 0.1) is 17.4 Å². The third kappa shape index (κ3) is 3.97. The zero-order valence-corrected chi connectivity index (χ0v) is 13.0. The first-order valence-electron chi connectivity index (χ1n) is 7.01. The van der Waals surface area contributed by atoms with Gasteiger partial charge in [-0.1, -0.05) is 55.8 Å². The number of anilines is 1. The molecule has 1 aromatic carbocycles. The van der Waals surface area contributed by atoms with E-state index in [1.54, 1.807) is 0 Å². The molecule has 0 bridgehead atoms. The Morgan fingerprint density at radius 1 is 1.10 bits per heavy atom. The SMILES string of the molecule is Cc1nc(Cl)ccc1NC(CC(C)C)c1ccccc1. The number of rotatable bonds is 5. The first kappa shape index (κ1) is 14.9. The smallest absolute Gasteiger partial charge is 0.129 e. The Morgan fingerprint density at radius 2 is 1.80 bits per heavy atom. The van der Waals surface area contributed by atoms with Crippen molar-refractivity contribution < 1.29 is 0 Å². The standard InChI is InChI=1S/C17H21ClN2/c1-12(2)11-16(14-7-5-4-6-8-14)20-15-9-10-17(18)19-13(15)3/h4-10,12,16,20H,11H2,1-3H3. The van der Waals surface area contributed by atoms with Crippen LogP contribution in [0.3, 0.4) is 0 Å². The molecule has 0 fully saturated rings. The number of hydrogen-bond donors (Lipinski definition) is 1. The van der Waals surface area contributed by atoms with Crippen LogP contribution in [0.25, 0.3) is 0 Å². The maximum atomic E-state index is 5.92. The Morgan fingerprint density at radius 3 is 2.40 bits per heavy atom. The zero-order chi connectivity index (χ0) is 14.5. The monoisotopic (exact) mass is 288 g/mol. The maximum absolute atomic E-state index is 5.92.